The predicted octanol–water partition coefficient (Wildman–Crippen LogP) is 4.38. The molecule has 0 amide bonds. The fraction of sp³-hybridized carbons (Fsp3) is 1.00. The van der Waals surface area contributed by atoms with Gasteiger partial charge in [-0.15, -0.1) is 0 Å². The summed E-state index contributed by atoms with van der Waals surface area (Å²) in [5, 5.41) is 0. The number of hydrogen-bond acceptors (Lipinski definition) is 0. The highest BCUT2D eigenvalue weighted by Crippen LogP contribution is 2.44. The SMILES string of the molecule is CC1(C)CCC(C(C)(C)Br)CC1. The summed E-state index contributed by atoms with van der Waals surface area (Å²) >= 11 is 3.78. The van der Waals surface area contributed by atoms with E-state index >= 15 is 0 Å². The highest BCUT2D eigenvalue weighted by atomic mass is 79.9. The van der Waals surface area contributed by atoms with Crippen LogP contribution in [0.3, 0.4) is 0 Å². The molecule has 1 heteroatoms. The van der Waals surface area contributed by atoms with Gasteiger partial charge in [-0.2, -0.15) is 0 Å². The Bertz CT molecular complexity index is 143. The van der Waals surface area contributed by atoms with Crippen LogP contribution in [0, 0.1) is 11.3 Å². The van der Waals surface area contributed by atoms with Gasteiger partial charge in [-0.3, -0.25) is 0 Å². The third-order valence-corrected chi connectivity index (χ3v) is 3.96. The van der Waals surface area contributed by atoms with E-state index in [0.717, 1.165) is 5.92 Å². The van der Waals surface area contributed by atoms with Crippen molar-refractivity contribution in [1.82, 2.24) is 0 Å². The third-order valence-electron chi connectivity index (χ3n) is 3.31. The van der Waals surface area contributed by atoms with E-state index in [9.17, 15) is 0 Å². The largest absolute Gasteiger partial charge is 0.0856 e. The summed E-state index contributed by atoms with van der Waals surface area (Å²) in [6, 6.07) is 0. The minimum Gasteiger partial charge on any atom is -0.0856 e. The van der Waals surface area contributed by atoms with Crippen LogP contribution in [-0.4, -0.2) is 4.32 Å². The lowest BCUT2D eigenvalue weighted by Crippen LogP contribution is -2.31. The first-order valence-corrected chi connectivity index (χ1v) is 5.79. The van der Waals surface area contributed by atoms with Gasteiger partial charge in [0, 0.05) is 4.32 Å². The number of halogens is 1. The molecule has 0 heterocycles. The zero-order valence-electron chi connectivity index (χ0n) is 8.78. The molecule has 1 aliphatic rings. The molecule has 1 saturated carbocycles. The van der Waals surface area contributed by atoms with E-state index in [-0.39, 0.29) is 0 Å². The van der Waals surface area contributed by atoms with E-state index in [1.165, 1.54) is 25.7 Å². The van der Waals surface area contributed by atoms with Crippen LogP contribution in [0.15, 0.2) is 0 Å². The summed E-state index contributed by atoms with van der Waals surface area (Å²) in [6.45, 7) is 9.39. The summed E-state index contributed by atoms with van der Waals surface area (Å²) in [5.74, 6) is 0.880. The molecule has 0 N–H and O–H groups in total. The highest BCUT2D eigenvalue weighted by Gasteiger charge is 2.33. The van der Waals surface area contributed by atoms with Gasteiger partial charge in [0.2, 0.25) is 0 Å². The van der Waals surface area contributed by atoms with E-state index in [0.29, 0.717) is 9.74 Å². The summed E-state index contributed by atoms with van der Waals surface area (Å²) in [7, 11) is 0. The van der Waals surface area contributed by atoms with Crippen molar-refractivity contribution in [3.63, 3.8) is 0 Å². The average Bonchev–Trinajstić information content (AvgIpc) is 1.83. The second-order valence-electron chi connectivity index (χ2n) is 5.50. The van der Waals surface area contributed by atoms with Crippen LogP contribution >= 0.6 is 15.9 Å². The zero-order valence-corrected chi connectivity index (χ0v) is 10.4. The molecule has 0 saturated heterocycles. The summed E-state index contributed by atoms with van der Waals surface area (Å²) in [5.41, 5.74) is 0.606. The molecular weight excluding hydrogens is 212 g/mol. The van der Waals surface area contributed by atoms with Crippen molar-refractivity contribution in [2.45, 2.75) is 57.7 Å². The molecular formula is C11H21Br. The van der Waals surface area contributed by atoms with Crippen LogP contribution in [0.25, 0.3) is 0 Å². The molecule has 0 nitrogen and oxygen atoms in total. The van der Waals surface area contributed by atoms with Gasteiger partial charge in [-0.1, -0.05) is 29.8 Å². The van der Waals surface area contributed by atoms with Crippen molar-refractivity contribution < 1.29 is 0 Å². The van der Waals surface area contributed by atoms with Gasteiger partial charge in [-0.25, -0.2) is 0 Å². The first-order valence-electron chi connectivity index (χ1n) is 5.00. The van der Waals surface area contributed by atoms with E-state index in [4.69, 9.17) is 0 Å². The summed E-state index contributed by atoms with van der Waals surface area (Å²) in [6.07, 6.45) is 5.58. The molecule has 1 rings (SSSR count). The molecule has 0 aromatic carbocycles. The number of alkyl halides is 1. The van der Waals surface area contributed by atoms with E-state index in [1.54, 1.807) is 0 Å². The molecule has 0 bridgehead atoms. The second-order valence-corrected chi connectivity index (χ2v) is 7.55. The lowest BCUT2D eigenvalue weighted by molar-refractivity contribution is 0.174. The van der Waals surface area contributed by atoms with Crippen molar-refractivity contribution in [1.29, 1.82) is 0 Å². The van der Waals surface area contributed by atoms with Gasteiger partial charge in [0.15, 0.2) is 0 Å². The lowest BCUT2D eigenvalue weighted by atomic mass is 9.70. The molecule has 0 aromatic heterocycles. The second kappa shape index (κ2) is 3.32. The van der Waals surface area contributed by atoms with Gasteiger partial charge in [0.25, 0.3) is 0 Å². The monoisotopic (exact) mass is 232 g/mol. The van der Waals surface area contributed by atoms with Crippen LogP contribution < -0.4 is 0 Å². The molecule has 1 aliphatic carbocycles. The van der Waals surface area contributed by atoms with Gasteiger partial charge < -0.3 is 0 Å². The van der Waals surface area contributed by atoms with Crippen LogP contribution in [0.5, 0.6) is 0 Å². The normalized spacial score (nSPS) is 25.8. The van der Waals surface area contributed by atoms with Gasteiger partial charge >= 0.3 is 0 Å². The Morgan fingerprint density at radius 3 is 1.92 bits per heavy atom. The molecule has 0 aliphatic heterocycles. The predicted molar refractivity (Wildman–Crippen MR) is 58.7 cm³/mol. The Labute approximate surface area is 85.3 Å². The molecule has 0 spiro atoms. The Hall–Kier alpha value is 0.480. The Kier molecular flexibility index (Phi) is 2.92. The number of hydrogen-bond donors (Lipinski definition) is 0. The molecule has 12 heavy (non-hydrogen) atoms. The average molecular weight is 233 g/mol. The molecule has 0 aromatic rings. The molecule has 1 fully saturated rings. The standard InChI is InChI=1S/C11H21Br/c1-10(2)7-5-9(6-8-10)11(3,4)12/h9H,5-8H2,1-4H3. The maximum Gasteiger partial charge on any atom is 0.0229 e. The zero-order chi connectivity index (χ0) is 9.41. The number of rotatable bonds is 1. The minimum absolute atomic E-state index is 0.351. The van der Waals surface area contributed by atoms with Crippen molar-refractivity contribution in [3.8, 4) is 0 Å². The van der Waals surface area contributed by atoms with E-state index in [2.05, 4.69) is 43.6 Å². The Morgan fingerprint density at radius 1 is 1.17 bits per heavy atom. The van der Waals surface area contributed by atoms with Crippen molar-refractivity contribution in [2.75, 3.05) is 0 Å². The van der Waals surface area contributed by atoms with E-state index < -0.39 is 0 Å². The minimum atomic E-state index is 0.351. The van der Waals surface area contributed by atoms with Crippen molar-refractivity contribution in [3.05, 3.63) is 0 Å². The van der Waals surface area contributed by atoms with E-state index in [1.807, 2.05) is 0 Å². The van der Waals surface area contributed by atoms with Crippen LogP contribution in [0.2, 0.25) is 0 Å². The van der Waals surface area contributed by atoms with Crippen LogP contribution in [-0.2, 0) is 0 Å². The first kappa shape index (κ1) is 10.6. The third kappa shape index (κ3) is 2.76. The Balaban J connectivity index is 2.47. The van der Waals surface area contributed by atoms with Gasteiger partial charge in [0.1, 0.15) is 0 Å². The maximum atomic E-state index is 3.78. The van der Waals surface area contributed by atoms with Gasteiger partial charge in [-0.05, 0) is 50.9 Å². The first-order chi connectivity index (χ1) is 5.31. The lowest BCUT2D eigenvalue weighted by Gasteiger charge is -2.39. The quantitative estimate of drug-likeness (QED) is 0.590. The fourth-order valence-corrected chi connectivity index (χ4v) is 2.54. The van der Waals surface area contributed by atoms with Crippen molar-refractivity contribution >= 4 is 15.9 Å². The molecule has 72 valence electrons. The fourth-order valence-electron chi connectivity index (χ4n) is 2.09. The molecule has 0 unspecified atom stereocenters. The van der Waals surface area contributed by atoms with Crippen LogP contribution in [0.1, 0.15) is 53.4 Å². The Morgan fingerprint density at radius 2 is 1.58 bits per heavy atom. The molecule has 0 atom stereocenters. The van der Waals surface area contributed by atoms with Crippen LogP contribution in [0.4, 0.5) is 0 Å². The summed E-state index contributed by atoms with van der Waals surface area (Å²) in [4.78, 5) is 0. The molecule has 0 radical (unpaired) electrons. The topological polar surface area (TPSA) is 0 Å². The summed E-state index contributed by atoms with van der Waals surface area (Å²) < 4.78 is 0.351. The van der Waals surface area contributed by atoms with Crippen molar-refractivity contribution in [2.24, 2.45) is 11.3 Å². The maximum absolute atomic E-state index is 3.78. The highest BCUT2D eigenvalue weighted by molar-refractivity contribution is 9.10. The smallest absolute Gasteiger partial charge is 0.0229 e. The van der Waals surface area contributed by atoms with Gasteiger partial charge in [0.05, 0.1) is 0 Å².